The number of anilines is 2. The summed E-state index contributed by atoms with van der Waals surface area (Å²) >= 11 is 0. The average Bonchev–Trinajstić information content (AvgIpc) is 2.89. The van der Waals surface area contributed by atoms with Gasteiger partial charge in [0, 0.05) is 18.8 Å². The van der Waals surface area contributed by atoms with Crippen molar-refractivity contribution in [1.82, 2.24) is 4.31 Å². The molecule has 3 aromatic rings. The summed E-state index contributed by atoms with van der Waals surface area (Å²) in [5, 5.41) is 2.67. The molecule has 4 rings (SSSR count). The maximum Gasteiger partial charge on any atom is 0.245 e. The molecule has 3 aromatic carbocycles. The zero-order valence-electron chi connectivity index (χ0n) is 20.1. The third-order valence-corrected chi connectivity index (χ3v) is 8.59. The third kappa shape index (κ3) is 6.86. The first-order valence-corrected chi connectivity index (χ1v) is 14.7. The fourth-order valence-corrected chi connectivity index (χ4v) is 5.95. The van der Waals surface area contributed by atoms with Crippen molar-refractivity contribution in [3.05, 3.63) is 78.9 Å². The number of sulfonamides is 2. The molecule has 0 atom stereocenters. The molecule has 0 aliphatic carbocycles. The van der Waals surface area contributed by atoms with Gasteiger partial charge in [-0.05, 0) is 60.7 Å². The summed E-state index contributed by atoms with van der Waals surface area (Å²) in [4.78, 5) is 12.7. The maximum absolute atomic E-state index is 12.8. The number of carbonyl (C=O) groups excluding carboxylic acids is 1. The number of nitrogens with one attached hydrogen (secondary N) is 1. The maximum atomic E-state index is 12.8. The predicted octanol–water partition coefficient (Wildman–Crippen LogP) is 2.90. The number of hydrogen-bond acceptors (Lipinski definition) is 7. The molecule has 12 heteroatoms. The van der Waals surface area contributed by atoms with Gasteiger partial charge in [0.2, 0.25) is 26.0 Å². The number of para-hydroxylation sites is 1. The lowest BCUT2D eigenvalue weighted by molar-refractivity contribution is -0.114. The molecule has 0 unspecified atom stereocenters. The molecule has 0 radical (unpaired) electrons. The lowest BCUT2D eigenvalue weighted by Crippen LogP contribution is -2.40. The molecular formula is C25H27N3O7S2. The van der Waals surface area contributed by atoms with Gasteiger partial charge in [-0.3, -0.25) is 9.10 Å². The van der Waals surface area contributed by atoms with E-state index in [1.54, 1.807) is 24.3 Å². The Kier molecular flexibility index (Phi) is 8.13. The lowest BCUT2D eigenvalue weighted by Gasteiger charge is -2.26. The number of benzene rings is 3. The first kappa shape index (κ1) is 26.6. The second kappa shape index (κ2) is 11.3. The Morgan fingerprint density at radius 3 is 2.08 bits per heavy atom. The highest BCUT2D eigenvalue weighted by Gasteiger charge is 2.27. The van der Waals surface area contributed by atoms with Gasteiger partial charge in [-0.25, -0.2) is 16.8 Å². The second-order valence-corrected chi connectivity index (χ2v) is 12.1. The monoisotopic (exact) mass is 545 g/mol. The number of ether oxygens (including phenoxy) is 2. The summed E-state index contributed by atoms with van der Waals surface area (Å²) in [7, 11) is -7.57. The molecule has 1 aliphatic rings. The Morgan fingerprint density at radius 2 is 1.49 bits per heavy atom. The highest BCUT2D eigenvalue weighted by Crippen LogP contribution is 2.25. The van der Waals surface area contributed by atoms with Crippen LogP contribution in [0.1, 0.15) is 0 Å². The van der Waals surface area contributed by atoms with Crippen LogP contribution in [-0.4, -0.2) is 66.2 Å². The van der Waals surface area contributed by atoms with Crippen LogP contribution < -0.4 is 14.4 Å². The van der Waals surface area contributed by atoms with E-state index in [9.17, 15) is 21.6 Å². The van der Waals surface area contributed by atoms with Gasteiger partial charge in [-0.2, -0.15) is 4.31 Å². The van der Waals surface area contributed by atoms with E-state index in [1.807, 2.05) is 30.3 Å². The molecule has 0 spiro atoms. The van der Waals surface area contributed by atoms with E-state index in [-0.39, 0.29) is 23.7 Å². The molecule has 37 heavy (non-hydrogen) atoms. The van der Waals surface area contributed by atoms with Crippen LogP contribution in [0, 0.1) is 0 Å². The minimum absolute atomic E-state index is 0.0360. The molecule has 1 heterocycles. The zero-order valence-corrected chi connectivity index (χ0v) is 21.7. The first-order valence-electron chi connectivity index (χ1n) is 11.4. The molecule has 0 bridgehead atoms. The van der Waals surface area contributed by atoms with Gasteiger partial charge in [-0.15, -0.1) is 0 Å². The van der Waals surface area contributed by atoms with Crippen molar-refractivity contribution < 1.29 is 31.1 Å². The third-order valence-electron chi connectivity index (χ3n) is 5.54. The van der Waals surface area contributed by atoms with Crippen LogP contribution >= 0.6 is 0 Å². The topological polar surface area (TPSA) is 122 Å². The SMILES string of the molecule is CS(=O)(=O)N(CC(=O)Nc1ccc(Oc2ccccc2)cc1)c1ccc(S(=O)(=O)N2CCOCC2)cc1. The molecular weight excluding hydrogens is 518 g/mol. The van der Waals surface area contributed by atoms with Crippen LogP contribution in [0.3, 0.4) is 0 Å². The molecule has 1 fully saturated rings. The van der Waals surface area contributed by atoms with Gasteiger partial charge in [-0.1, -0.05) is 18.2 Å². The second-order valence-electron chi connectivity index (χ2n) is 8.27. The highest BCUT2D eigenvalue weighted by atomic mass is 32.2. The summed E-state index contributed by atoms with van der Waals surface area (Å²) in [5.74, 6) is 0.688. The van der Waals surface area contributed by atoms with E-state index >= 15 is 0 Å². The summed E-state index contributed by atoms with van der Waals surface area (Å²) in [5.41, 5.74) is 0.635. The Bertz CT molecular complexity index is 1420. The molecule has 196 valence electrons. The van der Waals surface area contributed by atoms with E-state index in [2.05, 4.69) is 5.32 Å². The van der Waals surface area contributed by atoms with E-state index in [0.717, 1.165) is 10.6 Å². The van der Waals surface area contributed by atoms with Crippen LogP contribution in [0.2, 0.25) is 0 Å². The minimum atomic E-state index is -3.84. The van der Waals surface area contributed by atoms with Crippen molar-refractivity contribution in [1.29, 1.82) is 0 Å². The van der Waals surface area contributed by atoms with Crippen molar-refractivity contribution in [2.75, 3.05) is 48.7 Å². The number of hydrogen-bond donors (Lipinski definition) is 1. The molecule has 1 aliphatic heterocycles. The van der Waals surface area contributed by atoms with Crippen LogP contribution in [-0.2, 0) is 29.6 Å². The van der Waals surface area contributed by atoms with Crippen molar-refractivity contribution in [3.63, 3.8) is 0 Å². The number of amides is 1. The summed E-state index contributed by atoms with van der Waals surface area (Å²) < 4.78 is 63.8. The Hall–Kier alpha value is -3.45. The fourth-order valence-electron chi connectivity index (χ4n) is 3.68. The molecule has 1 amide bonds. The molecule has 10 nitrogen and oxygen atoms in total. The standard InChI is InChI=1S/C25H27N3O7S2/c1-36(30,31)28(21-9-13-24(14-10-21)37(32,33)27-15-17-34-18-16-27)19-25(29)26-20-7-11-23(12-8-20)35-22-5-3-2-4-6-22/h2-14H,15-19H2,1H3,(H,26,29). The first-order chi connectivity index (χ1) is 17.6. The predicted molar refractivity (Wildman–Crippen MR) is 140 cm³/mol. The van der Waals surface area contributed by atoms with Gasteiger partial charge in [0.05, 0.1) is 30.1 Å². The quantitative estimate of drug-likeness (QED) is 0.439. The normalized spacial score (nSPS) is 14.6. The Balaban J connectivity index is 1.43. The number of rotatable bonds is 9. The van der Waals surface area contributed by atoms with Crippen molar-refractivity contribution in [3.8, 4) is 11.5 Å². The average molecular weight is 546 g/mol. The molecule has 1 saturated heterocycles. The van der Waals surface area contributed by atoms with Crippen LogP contribution in [0.25, 0.3) is 0 Å². The van der Waals surface area contributed by atoms with E-state index in [1.165, 1.54) is 28.6 Å². The summed E-state index contributed by atoms with van der Waals surface area (Å²) in [6.45, 7) is 0.642. The number of carbonyl (C=O) groups is 1. The van der Waals surface area contributed by atoms with Gasteiger partial charge >= 0.3 is 0 Å². The summed E-state index contributed by atoms with van der Waals surface area (Å²) in [6.07, 6.45) is 0.981. The molecule has 0 saturated carbocycles. The van der Waals surface area contributed by atoms with E-state index in [4.69, 9.17) is 9.47 Å². The van der Waals surface area contributed by atoms with Gasteiger partial charge < -0.3 is 14.8 Å². The van der Waals surface area contributed by atoms with Crippen LogP contribution in [0.15, 0.2) is 83.8 Å². The highest BCUT2D eigenvalue weighted by molar-refractivity contribution is 7.92. The minimum Gasteiger partial charge on any atom is -0.457 e. The lowest BCUT2D eigenvalue weighted by atomic mass is 10.3. The smallest absolute Gasteiger partial charge is 0.245 e. The van der Waals surface area contributed by atoms with Gasteiger partial charge in [0.1, 0.15) is 18.0 Å². The summed E-state index contributed by atoms with van der Waals surface area (Å²) in [6, 6.07) is 21.3. The number of morpholine rings is 1. The zero-order chi connectivity index (χ0) is 26.5. The fraction of sp³-hybridized carbons (Fsp3) is 0.240. The van der Waals surface area contributed by atoms with Crippen molar-refractivity contribution in [2.24, 2.45) is 0 Å². The number of nitrogens with zero attached hydrogens (tertiary/aromatic N) is 2. The van der Waals surface area contributed by atoms with Gasteiger partial charge in [0.15, 0.2) is 0 Å². The van der Waals surface area contributed by atoms with Crippen LogP contribution in [0.4, 0.5) is 11.4 Å². The Labute approximate surface area is 216 Å². The van der Waals surface area contributed by atoms with Crippen molar-refractivity contribution in [2.45, 2.75) is 4.90 Å². The molecule has 0 aromatic heterocycles. The Morgan fingerprint density at radius 1 is 0.892 bits per heavy atom. The van der Waals surface area contributed by atoms with Crippen LogP contribution in [0.5, 0.6) is 11.5 Å². The van der Waals surface area contributed by atoms with E-state index in [0.29, 0.717) is 30.4 Å². The van der Waals surface area contributed by atoms with Crippen molar-refractivity contribution >= 4 is 37.3 Å². The van der Waals surface area contributed by atoms with Gasteiger partial charge in [0.25, 0.3) is 0 Å². The largest absolute Gasteiger partial charge is 0.457 e. The van der Waals surface area contributed by atoms with E-state index < -0.39 is 32.5 Å². The molecule has 1 N–H and O–H groups in total.